The predicted molar refractivity (Wildman–Crippen MR) is 56.0 cm³/mol. The highest BCUT2D eigenvalue weighted by molar-refractivity contribution is 6.34. The molecule has 1 heterocycles. The third-order valence-electron chi connectivity index (χ3n) is 1.61. The van der Waals surface area contributed by atoms with E-state index in [9.17, 15) is 0 Å². The van der Waals surface area contributed by atoms with Crippen molar-refractivity contribution in [3.05, 3.63) is 40.7 Å². The van der Waals surface area contributed by atoms with Crippen LogP contribution in [0.15, 0.2) is 24.9 Å². The molecular formula is C9H10Cl2N2. The highest BCUT2D eigenvalue weighted by Gasteiger charge is 2.10. The van der Waals surface area contributed by atoms with E-state index in [0.29, 0.717) is 22.2 Å². The summed E-state index contributed by atoms with van der Waals surface area (Å²) in [5.41, 5.74) is 6.45. The Morgan fingerprint density at radius 2 is 2.31 bits per heavy atom. The van der Waals surface area contributed by atoms with Gasteiger partial charge in [0.1, 0.15) is 0 Å². The van der Waals surface area contributed by atoms with Gasteiger partial charge in [0.05, 0.1) is 21.8 Å². The van der Waals surface area contributed by atoms with Crippen molar-refractivity contribution in [3.63, 3.8) is 0 Å². The number of halogens is 2. The average Bonchev–Trinajstić information content (AvgIpc) is 2.04. The van der Waals surface area contributed by atoms with E-state index < -0.39 is 0 Å². The summed E-state index contributed by atoms with van der Waals surface area (Å²) >= 11 is 11.6. The number of nitrogens with two attached hydrogens (primary N) is 1. The molecule has 1 aromatic heterocycles. The summed E-state index contributed by atoms with van der Waals surface area (Å²) in [7, 11) is 0. The quantitative estimate of drug-likeness (QED) is 0.790. The number of rotatable bonds is 3. The van der Waals surface area contributed by atoms with Crippen LogP contribution in [0.3, 0.4) is 0 Å². The van der Waals surface area contributed by atoms with Gasteiger partial charge in [-0.2, -0.15) is 0 Å². The molecule has 4 heteroatoms. The van der Waals surface area contributed by atoms with Gasteiger partial charge in [0.15, 0.2) is 0 Å². The van der Waals surface area contributed by atoms with E-state index in [1.54, 1.807) is 12.1 Å². The lowest BCUT2D eigenvalue weighted by atomic mass is 10.1. The number of aromatic nitrogens is 1. The van der Waals surface area contributed by atoms with Crippen LogP contribution in [-0.2, 0) is 0 Å². The Bertz CT molecular complexity index is 312. The molecule has 0 radical (unpaired) electrons. The van der Waals surface area contributed by atoms with Crippen LogP contribution in [0.2, 0.25) is 10.0 Å². The summed E-state index contributed by atoms with van der Waals surface area (Å²) in [5.74, 6) is 0. The maximum atomic E-state index is 5.90. The van der Waals surface area contributed by atoms with Gasteiger partial charge in [-0.25, -0.2) is 0 Å². The molecule has 0 amide bonds. The SMILES string of the molecule is C=CC[C@H](N)c1ncc(Cl)cc1Cl. The van der Waals surface area contributed by atoms with Gasteiger partial charge in [0.2, 0.25) is 0 Å². The lowest BCUT2D eigenvalue weighted by Gasteiger charge is -2.09. The monoisotopic (exact) mass is 216 g/mol. The first-order chi connectivity index (χ1) is 6.15. The lowest BCUT2D eigenvalue weighted by molar-refractivity contribution is 0.714. The summed E-state index contributed by atoms with van der Waals surface area (Å²) in [6, 6.07) is 1.43. The molecule has 1 rings (SSSR count). The van der Waals surface area contributed by atoms with Crippen molar-refractivity contribution in [2.24, 2.45) is 5.73 Å². The molecule has 0 aliphatic carbocycles. The van der Waals surface area contributed by atoms with Crippen LogP contribution in [-0.4, -0.2) is 4.98 Å². The maximum Gasteiger partial charge on any atom is 0.0761 e. The van der Waals surface area contributed by atoms with Crippen LogP contribution in [0.25, 0.3) is 0 Å². The second-order valence-electron chi connectivity index (χ2n) is 2.65. The van der Waals surface area contributed by atoms with E-state index in [0.717, 1.165) is 0 Å². The number of nitrogens with zero attached hydrogens (tertiary/aromatic N) is 1. The molecule has 70 valence electrons. The molecule has 0 saturated heterocycles. The molecule has 0 bridgehead atoms. The van der Waals surface area contributed by atoms with Gasteiger partial charge in [-0.05, 0) is 12.5 Å². The Morgan fingerprint density at radius 1 is 1.62 bits per heavy atom. The Hall–Kier alpha value is -0.570. The first-order valence-corrected chi connectivity index (χ1v) is 4.58. The fourth-order valence-corrected chi connectivity index (χ4v) is 1.51. The third kappa shape index (κ3) is 2.69. The van der Waals surface area contributed by atoms with Crippen LogP contribution in [0.5, 0.6) is 0 Å². The van der Waals surface area contributed by atoms with Crippen molar-refractivity contribution in [1.82, 2.24) is 4.98 Å². The van der Waals surface area contributed by atoms with Crippen LogP contribution in [0.1, 0.15) is 18.2 Å². The van der Waals surface area contributed by atoms with Crippen LogP contribution in [0.4, 0.5) is 0 Å². The standard InChI is InChI=1S/C9H10Cl2N2/c1-2-3-8(12)9-7(11)4-6(10)5-13-9/h2,4-5,8H,1,3,12H2/t8-/m0/s1. The molecule has 13 heavy (non-hydrogen) atoms. The first-order valence-electron chi connectivity index (χ1n) is 3.82. The zero-order chi connectivity index (χ0) is 9.84. The van der Waals surface area contributed by atoms with Gasteiger partial charge in [0, 0.05) is 6.20 Å². The van der Waals surface area contributed by atoms with E-state index in [1.807, 2.05) is 0 Å². The lowest BCUT2D eigenvalue weighted by Crippen LogP contribution is -2.11. The summed E-state index contributed by atoms with van der Waals surface area (Å²) in [4.78, 5) is 4.06. The average molecular weight is 217 g/mol. The summed E-state index contributed by atoms with van der Waals surface area (Å²) in [6.45, 7) is 3.60. The minimum Gasteiger partial charge on any atom is -0.322 e. The minimum absolute atomic E-state index is 0.206. The zero-order valence-electron chi connectivity index (χ0n) is 7.00. The second kappa shape index (κ2) is 4.61. The van der Waals surface area contributed by atoms with Gasteiger partial charge < -0.3 is 5.73 Å². The highest BCUT2D eigenvalue weighted by Crippen LogP contribution is 2.24. The van der Waals surface area contributed by atoms with E-state index in [-0.39, 0.29) is 6.04 Å². The number of pyridine rings is 1. The van der Waals surface area contributed by atoms with Crippen LogP contribution >= 0.6 is 23.2 Å². The van der Waals surface area contributed by atoms with Crippen molar-refractivity contribution in [1.29, 1.82) is 0 Å². The molecular weight excluding hydrogens is 207 g/mol. The van der Waals surface area contributed by atoms with Gasteiger partial charge in [-0.3, -0.25) is 4.98 Å². The molecule has 2 N–H and O–H groups in total. The Kier molecular flexibility index (Phi) is 3.72. The zero-order valence-corrected chi connectivity index (χ0v) is 8.52. The molecule has 0 aromatic carbocycles. The van der Waals surface area contributed by atoms with Crippen molar-refractivity contribution in [2.45, 2.75) is 12.5 Å². The Morgan fingerprint density at radius 3 is 2.85 bits per heavy atom. The van der Waals surface area contributed by atoms with Crippen LogP contribution < -0.4 is 5.73 Å². The Balaban J connectivity index is 2.94. The minimum atomic E-state index is -0.206. The van der Waals surface area contributed by atoms with E-state index in [2.05, 4.69) is 11.6 Å². The maximum absolute atomic E-state index is 5.90. The van der Waals surface area contributed by atoms with E-state index in [4.69, 9.17) is 28.9 Å². The molecule has 0 saturated carbocycles. The summed E-state index contributed by atoms with van der Waals surface area (Å²) in [5, 5.41) is 1.02. The fraction of sp³-hybridized carbons (Fsp3) is 0.222. The molecule has 0 spiro atoms. The Labute approximate surface area is 87.4 Å². The normalized spacial score (nSPS) is 12.5. The molecule has 0 aliphatic heterocycles. The predicted octanol–water partition coefficient (Wildman–Crippen LogP) is 2.96. The smallest absolute Gasteiger partial charge is 0.0761 e. The third-order valence-corrected chi connectivity index (χ3v) is 2.12. The van der Waals surface area contributed by atoms with E-state index in [1.165, 1.54) is 6.20 Å². The van der Waals surface area contributed by atoms with Crippen molar-refractivity contribution >= 4 is 23.2 Å². The summed E-state index contributed by atoms with van der Waals surface area (Å²) in [6.07, 6.45) is 3.91. The highest BCUT2D eigenvalue weighted by atomic mass is 35.5. The topological polar surface area (TPSA) is 38.9 Å². The summed E-state index contributed by atoms with van der Waals surface area (Å²) < 4.78 is 0. The molecule has 0 fully saturated rings. The fourth-order valence-electron chi connectivity index (χ4n) is 0.989. The van der Waals surface area contributed by atoms with Crippen molar-refractivity contribution < 1.29 is 0 Å². The molecule has 0 unspecified atom stereocenters. The number of hydrogen-bond acceptors (Lipinski definition) is 2. The van der Waals surface area contributed by atoms with Crippen molar-refractivity contribution in [2.75, 3.05) is 0 Å². The van der Waals surface area contributed by atoms with Gasteiger partial charge in [-0.15, -0.1) is 6.58 Å². The van der Waals surface area contributed by atoms with Gasteiger partial charge >= 0.3 is 0 Å². The van der Waals surface area contributed by atoms with Crippen molar-refractivity contribution in [3.8, 4) is 0 Å². The first kappa shape index (κ1) is 10.5. The van der Waals surface area contributed by atoms with Gasteiger partial charge in [0.25, 0.3) is 0 Å². The molecule has 2 nitrogen and oxygen atoms in total. The van der Waals surface area contributed by atoms with E-state index >= 15 is 0 Å². The van der Waals surface area contributed by atoms with Crippen LogP contribution in [0, 0.1) is 0 Å². The molecule has 0 aliphatic rings. The largest absolute Gasteiger partial charge is 0.322 e. The number of hydrogen-bond donors (Lipinski definition) is 1. The molecule has 1 aromatic rings. The molecule has 1 atom stereocenters. The van der Waals surface area contributed by atoms with Gasteiger partial charge in [-0.1, -0.05) is 29.3 Å². The second-order valence-corrected chi connectivity index (χ2v) is 3.50.